The Kier molecular flexibility index (Phi) is 15.2. The summed E-state index contributed by atoms with van der Waals surface area (Å²) in [4.78, 5) is 43.0. The number of terminal acetylenes is 1. The average Bonchev–Trinajstić information content (AvgIpc) is 2.96. The molecule has 2 atom stereocenters. The highest BCUT2D eigenvalue weighted by molar-refractivity contribution is 7.98. The molecule has 0 heterocycles. The van der Waals surface area contributed by atoms with Crippen LogP contribution in [0.25, 0.3) is 0 Å². The topological polar surface area (TPSA) is 87.7 Å². The molecule has 0 spiro atoms. The van der Waals surface area contributed by atoms with E-state index in [-0.39, 0.29) is 11.8 Å². The van der Waals surface area contributed by atoms with Gasteiger partial charge in [0.1, 0.15) is 17.7 Å². The summed E-state index contributed by atoms with van der Waals surface area (Å²) >= 11 is 1.59. The predicted molar refractivity (Wildman–Crippen MR) is 178 cm³/mol. The lowest BCUT2D eigenvalue weighted by Crippen LogP contribution is -2.52. The summed E-state index contributed by atoms with van der Waals surface area (Å²) in [6, 6.07) is 12.9. The number of rotatable bonds is 16. The predicted octanol–water partition coefficient (Wildman–Crippen LogP) is 7.49. The zero-order valence-electron chi connectivity index (χ0n) is 26.7. The van der Waals surface area contributed by atoms with Crippen molar-refractivity contribution in [3.8, 4) is 12.3 Å². The summed E-state index contributed by atoms with van der Waals surface area (Å²) in [5, 5.41) is 5.86. The number of carbonyl (C=O) groups is 3. The van der Waals surface area contributed by atoms with Crippen LogP contribution in [0.1, 0.15) is 95.4 Å². The Morgan fingerprint density at radius 3 is 2.26 bits per heavy atom. The summed E-state index contributed by atoms with van der Waals surface area (Å²) in [6.07, 6.45) is 13.5. The summed E-state index contributed by atoms with van der Waals surface area (Å²) in [5.41, 5.74) is 2.20. The van der Waals surface area contributed by atoms with E-state index in [0.29, 0.717) is 35.5 Å². The number of unbranched alkanes of at least 4 members (excludes halogenated alkanes) is 5. The molecule has 0 fully saturated rings. The number of thioether (sulfide) groups is 1. The Labute approximate surface area is 262 Å². The molecular weight excluding hydrogens is 558 g/mol. The quantitative estimate of drug-likeness (QED) is 0.153. The molecule has 2 rings (SSSR count). The minimum Gasteiger partial charge on any atom is -0.444 e. The molecule has 2 aromatic carbocycles. The second kappa shape index (κ2) is 18.3. The SMILES string of the molecule is C#Cc1ccc(C(C(=O)Nc2ccccc2C)N(CCCCCCCC)C(=O)C(CCSC)NC(=O)OC(C)(C)C)cc1. The third-order valence-electron chi connectivity index (χ3n) is 6.99. The number of carbonyl (C=O) groups excluding carboxylic acids is 3. The van der Waals surface area contributed by atoms with Gasteiger partial charge in [0, 0.05) is 17.8 Å². The lowest BCUT2D eigenvalue weighted by Gasteiger charge is -2.35. The van der Waals surface area contributed by atoms with E-state index in [1.54, 1.807) is 61.7 Å². The number of amides is 3. The van der Waals surface area contributed by atoms with Gasteiger partial charge in [-0.2, -0.15) is 11.8 Å². The fraction of sp³-hybridized carbons (Fsp3) is 0.514. The molecule has 0 aliphatic carbocycles. The van der Waals surface area contributed by atoms with Gasteiger partial charge in [-0.15, -0.1) is 6.42 Å². The molecule has 0 saturated heterocycles. The number of anilines is 1. The van der Waals surface area contributed by atoms with Crippen molar-refractivity contribution < 1.29 is 19.1 Å². The Morgan fingerprint density at radius 2 is 1.65 bits per heavy atom. The molecule has 2 N–H and O–H groups in total. The van der Waals surface area contributed by atoms with Crippen molar-refractivity contribution >= 4 is 35.4 Å². The molecule has 3 amide bonds. The third-order valence-corrected chi connectivity index (χ3v) is 7.64. The van der Waals surface area contributed by atoms with E-state index in [2.05, 4.69) is 23.5 Å². The van der Waals surface area contributed by atoms with E-state index in [1.165, 1.54) is 6.42 Å². The maximum Gasteiger partial charge on any atom is 0.408 e. The van der Waals surface area contributed by atoms with Gasteiger partial charge in [0.05, 0.1) is 0 Å². The van der Waals surface area contributed by atoms with Gasteiger partial charge < -0.3 is 20.3 Å². The molecule has 0 radical (unpaired) electrons. The van der Waals surface area contributed by atoms with Gasteiger partial charge in [-0.25, -0.2) is 4.79 Å². The molecular formula is C35H49N3O4S. The van der Waals surface area contributed by atoms with Crippen LogP contribution in [-0.4, -0.2) is 53.0 Å². The van der Waals surface area contributed by atoms with Gasteiger partial charge in [-0.3, -0.25) is 9.59 Å². The highest BCUT2D eigenvalue weighted by atomic mass is 32.2. The maximum atomic E-state index is 14.4. The van der Waals surface area contributed by atoms with E-state index in [1.807, 2.05) is 37.4 Å². The molecule has 7 nitrogen and oxygen atoms in total. The van der Waals surface area contributed by atoms with E-state index < -0.39 is 23.8 Å². The fourth-order valence-corrected chi connectivity index (χ4v) is 5.19. The van der Waals surface area contributed by atoms with Crippen LogP contribution in [0.2, 0.25) is 0 Å². The average molecular weight is 608 g/mol. The first-order chi connectivity index (χ1) is 20.5. The van der Waals surface area contributed by atoms with E-state index in [9.17, 15) is 14.4 Å². The Hall–Kier alpha value is -3.44. The van der Waals surface area contributed by atoms with Crippen LogP contribution in [0.5, 0.6) is 0 Å². The first-order valence-corrected chi connectivity index (χ1v) is 16.6. The molecule has 2 unspecified atom stereocenters. The molecule has 2 aromatic rings. The minimum atomic E-state index is -0.938. The fourth-order valence-electron chi connectivity index (χ4n) is 4.72. The third kappa shape index (κ3) is 12.4. The molecule has 0 aliphatic heterocycles. The van der Waals surface area contributed by atoms with Crippen molar-refractivity contribution in [2.24, 2.45) is 0 Å². The summed E-state index contributed by atoms with van der Waals surface area (Å²) in [6.45, 7) is 9.80. The number of hydrogen-bond donors (Lipinski definition) is 2. The molecule has 0 saturated carbocycles. The monoisotopic (exact) mass is 607 g/mol. The first kappa shape index (κ1) is 35.8. The number of nitrogens with zero attached hydrogens (tertiary/aromatic N) is 1. The van der Waals surface area contributed by atoms with Crippen LogP contribution in [0, 0.1) is 19.3 Å². The highest BCUT2D eigenvalue weighted by Gasteiger charge is 2.36. The molecule has 0 aromatic heterocycles. The number of nitrogens with one attached hydrogen (secondary N) is 2. The van der Waals surface area contributed by atoms with E-state index in [4.69, 9.17) is 11.2 Å². The number of benzene rings is 2. The van der Waals surface area contributed by atoms with E-state index >= 15 is 0 Å². The van der Waals surface area contributed by atoms with Crippen LogP contribution < -0.4 is 10.6 Å². The zero-order chi connectivity index (χ0) is 31.8. The summed E-state index contributed by atoms with van der Waals surface area (Å²) < 4.78 is 5.50. The Balaban J connectivity index is 2.52. The lowest BCUT2D eigenvalue weighted by molar-refractivity contribution is -0.141. The van der Waals surface area contributed by atoms with Gasteiger partial charge in [0.15, 0.2) is 0 Å². The van der Waals surface area contributed by atoms with Crippen LogP contribution in [0.4, 0.5) is 10.5 Å². The molecule has 0 aliphatic rings. The van der Waals surface area contributed by atoms with Crippen molar-refractivity contribution in [2.45, 2.75) is 97.2 Å². The molecule has 0 bridgehead atoms. The molecule has 43 heavy (non-hydrogen) atoms. The Morgan fingerprint density at radius 1 is 1.00 bits per heavy atom. The van der Waals surface area contributed by atoms with Gasteiger partial charge in [-0.1, -0.05) is 75.3 Å². The highest BCUT2D eigenvalue weighted by Crippen LogP contribution is 2.27. The first-order valence-electron chi connectivity index (χ1n) is 15.2. The Bertz CT molecular complexity index is 1220. The van der Waals surface area contributed by atoms with Crippen molar-refractivity contribution in [1.82, 2.24) is 10.2 Å². The number of hydrogen-bond acceptors (Lipinski definition) is 5. The number of alkyl carbamates (subject to hydrolysis) is 1. The lowest BCUT2D eigenvalue weighted by atomic mass is 9.99. The second-order valence-corrected chi connectivity index (χ2v) is 12.7. The zero-order valence-corrected chi connectivity index (χ0v) is 27.5. The van der Waals surface area contributed by atoms with Crippen molar-refractivity contribution in [3.05, 3.63) is 65.2 Å². The summed E-state index contributed by atoms with van der Waals surface area (Å²) in [7, 11) is 0. The minimum absolute atomic E-state index is 0.320. The van der Waals surface area contributed by atoms with Gasteiger partial charge in [0.2, 0.25) is 5.91 Å². The van der Waals surface area contributed by atoms with Gasteiger partial charge in [0.25, 0.3) is 5.91 Å². The second-order valence-electron chi connectivity index (χ2n) is 11.8. The van der Waals surface area contributed by atoms with Crippen molar-refractivity contribution in [2.75, 3.05) is 23.9 Å². The maximum absolute atomic E-state index is 14.4. The van der Waals surface area contributed by atoms with Crippen LogP contribution in [-0.2, 0) is 14.3 Å². The van der Waals surface area contributed by atoms with Gasteiger partial charge >= 0.3 is 6.09 Å². The normalized spacial score (nSPS) is 12.5. The number of aryl methyl sites for hydroxylation is 1. The van der Waals surface area contributed by atoms with Crippen LogP contribution in [0.3, 0.4) is 0 Å². The van der Waals surface area contributed by atoms with E-state index in [0.717, 1.165) is 37.7 Å². The summed E-state index contributed by atoms with van der Waals surface area (Å²) in [5.74, 6) is 2.61. The molecule has 234 valence electrons. The number of ether oxygens (including phenoxy) is 1. The largest absolute Gasteiger partial charge is 0.444 e. The van der Waals surface area contributed by atoms with Crippen LogP contribution in [0.15, 0.2) is 48.5 Å². The number of para-hydroxylation sites is 1. The van der Waals surface area contributed by atoms with Gasteiger partial charge in [-0.05, 0) is 81.9 Å². The molecule has 8 heteroatoms. The van der Waals surface area contributed by atoms with Crippen molar-refractivity contribution in [3.63, 3.8) is 0 Å². The smallest absolute Gasteiger partial charge is 0.408 e. The van der Waals surface area contributed by atoms with Crippen LogP contribution >= 0.6 is 11.8 Å². The van der Waals surface area contributed by atoms with Crippen molar-refractivity contribution in [1.29, 1.82) is 0 Å². The standard InChI is InChI=1S/C35H49N3O4S/c1-8-10-11-12-13-16-24-38(33(40)30(23-25-43-7)37-34(41)42-35(4,5)6)31(28-21-19-27(9-2)20-22-28)32(39)36-29-18-15-14-17-26(29)3/h2,14-15,17-22,30-31H,8,10-13,16,23-25H2,1,3-7H3,(H,36,39)(H,37,41).